The number of ketones is 1. The second kappa shape index (κ2) is 5.81. The Hall–Kier alpha value is -0.930. The van der Waals surface area contributed by atoms with Gasteiger partial charge >= 0.3 is 0 Å². The van der Waals surface area contributed by atoms with Crippen molar-refractivity contribution in [1.82, 2.24) is 4.90 Å². The zero-order chi connectivity index (χ0) is 13.1. The fourth-order valence-electron chi connectivity index (χ4n) is 2.44. The fourth-order valence-corrected chi connectivity index (χ4v) is 2.63. The number of hydrogen-bond donors (Lipinski definition) is 0. The molecule has 2 rings (SSSR count). The van der Waals surface area contributed by atoms with Crippen molar-refractivity contribution >= 4 is 17.4 Å². The van der Waals surface area contributed by atoms with Crippen molar-refractivity contribution in [1.29, 1.82) is 0 Å². The van der Waals surface area contributed by atoms with Gasteiger partial charge in [0.25, 0.3) is 0 Å². The molecule has 0 saturated carbocycles. The van der Waals surface area contributed by atoms with Crippen LogP contribution in [0.4, 0.5) is 4.39 Å². The lowest BCUT2D eigenvalue weighted by Gasteiger charge is -2.31. The van der Waals surface area contributed by atoms with Crippen molar-refractivity contribution in [3.8, 4) is 0 Å². The van der Waals surface area contributed by atoms with Crippen LogP contribution >= 0.6 is 11.6 Å². The van der Waals surface area contributed by atoms with E-state index in [0.717, 1.165) is 25.9 Å². The third-order valence-corrected chi connectivity index (χ3v) is 3.72. The first-order valence-corrected chi connectivity index (χ1v) is 6.61. The van der Waals surface area contributed by atoms with Crippen molar-refractivity contribution in [3.05, 3.63) is 34.6 Å². The second-order valence-electron chi connectivity index (χ2n) is 4.92. The van der Waals surface area contributed by atoms with Gasteiger partial charge in [-0.25, -0.2) is 4.39 Å². The zero-order valence-corrected chi connectivity index (χ0v) is 11.2. The van der Waals surface area contributed by atoms with Crippen LogP contribution in [0, 0.1) is 11.7 Å². The largest absolute Gasteiger partial charge is 0.300 e. The maximum atomic E-state index is 13.6. The highest BCUT2D eigenvalue weighted by molar-refractivity contribution is 6.30. The highest BCUT2D eigenvalue weighted by atomic mass is 35.5. The molecule has 1 aliphatic heterocycles. The van der Waals surface area contributed by atoms with Gasteiger partial charge in [0.15, 0.2) is 0 Å². The molecule has 0 spiro atoms. The summed E-state index contributed by atoms with van der Waals surface area (Å²) in [5, 5.41) is 0.548. The highest BCUT2D eigenvalue weighted by Crippen LogP contribution is 2.22. The van der Waals surface area contributed by atoms with Crippen molar-refractivity contribution < 1.29 is 9.18 Å². The average Bonchev–Trinajstić information content (AvgIpc) is 2.34. The normalized spacial score (nSPS) is 20.9. The van der Waals surface area contributed by atoms with Crippen LogP contribution in [0.2, 0.25) is 5.02 Å². The zero-order valence-electron chi connectivity index (χ0n) is 10.5. The molecule has 1 aliphatic rings. The Bertz CT molecular complexity index is 449. The van der Waals surface area contributed by atoms with Crippen LogP contribution in [0.3, 0.4) is 0 Å². The van der Waals surface area contributed by atoms with Crippen LogP contribution in [-0.4, -0.2) is 23.8 Å². The number of halogens is 2. The summed E-state index contributed by atoms with van der Waals surface area (Å²) in [6.07, 6.45) is 1.94. The van der Waals surface area contributed by atoms with Crippen LogP contribution < -0.4 is 0 Å². The maximum Gasteiger partial charge on any atom is 0.134 e. The van der Waals surface area contributed by atoms with Crippen molar-refractivity contribution in [2.24, 2.45) is 5.92 Å². The monoisotopic (exact) mass is 269 g/mol. The summed E-state index contributed by atoms with van der Waals surface area (Å²) in [4.78, 5) is 13.5. The minimum Gasteiger partial charge on any atom is -0.300 e. The Morgan fingerprint density at radius 3 is 3.06 bits per heavy atom. The van der Waals surface area contributed by atoms with Gasteiger partial charge < -0.3 is 0 Å². The van der Waals surface area contributed by atoms with Gasteiger partial charge in [0, 0.05) is 29.6 Å². The van der Waals surface area contributed by atoms with E-state index in [0.29, 0.717) is 17.1 Å². The van der Waals surface area contributed by atoms with E-state index in [1.165, 1.54) is 6.07 Å². The molecule has 1 unspecified atom stereocenters. The first kappa shape index (κ1) is 13.5. The van der Waals surface area contributed by atoms with E-state index < -0.39 is 0 Å². The number of likely N-dealkylation sites (tertiary alicyclic amines) is 1. The highest BCUT2D eigenvalue weighted by Gasteiger charge is 2.23. The Morgan fingerprint density at radius 2 is 2.33 bits per heavy atom. The first-order chi connectivity index (χ1) is 8.56. The van der Waals surface area contributed by atoms with Crippen LogP contribution in [0.25, 0.3) is 0 Å². The third kappa shape index (κ3) is 3.30. The molecule has 0 amide bonds. The number of nitrogens with zero attached hydrogens (tertiary/aromatic N) is 1. The smallest absolute Gasteiger partial charge is 0.134 e. The van der Waals surface area contributed by atoms with Crippen molar-refractivity contribution in [2.75, 3.05) is 13.1 Å². The Morgan fingerprint density at radius 1 is 1.56 bits per heavy atom. The minimum atomic E-state index is -0.232. The lowest BCUT2D eigenvalue weighted by Crippen LogP contribution is -2.37. The molecule has 1 fully saturated rings. The number of carbonyl (C=O) groups is 1. The molecule has 0 N–H and O–H groups in total. The Kier molecular flexibility index (Phi) is 4.36. The van der Waals surface area contributed by atoms with Gasteiger partial charge in [-0.2, -0.15) is 0 Å². The molecule has 0 radical (unpaired) electrons. The second-order valence-corrected chi connectivity index (χ2v) is 5.36. The summed E-state index contributed by atoms with van der Waals surface area (Å²) in [6, 6.07) is 4.60. The molecule has 2 nitrogen and oxygen atoms in total. The lowest BCUT2D eigenvalue weighted by molar-refractivity contribution is -0.122. The van der Waals surface area contributed by atoms with E-state index in [9.17, 15) is 9.18 Å². The molecule has 0 aliphatic carbocycles. The number of carbonyl (C=O) groups excluding carboxylic acids is 1. The molecule has 98 valence electrons. The molecule has 0 bridgehead atoms. The quantitative estimate of drug-likeness (QED) is 0.839. The molecular formula is C14H17ClFNO. The molecule has 1 aromatic carbocycles. The first-order valence-electron chi connectivity index (χ1n) is 6.23. The number of rotatable bonds is 3. The third-order valence-electron chi connectivity index (χ3n) is 3.48. The minimum absolute atomic E-state index is 0.0981. The van der Waals surface area contributed by atoms with Crippen LogP contribution in [0.1, 0.15) is 25.3 Å². The number of piperidine rings is 1. The number of hydrogen-bond acceptors (Lipinski definition) is 2. The predicted octanol–water partition coefficient (Wildman–Crippen LogP) is 3.28. The average molecular weight is 270 g/mol. The predicted molar refractivity (Wildman–Crippen MR) is 70.1 cm³/mol. The van der Waals surface area contributed by atoms with Gasteiger partial charge in [-0.3, -0.25) is 9.69 Å². The van der Waals surface area contributed by atoms with Gasteiger partial charge in [-0.05, 0) is 44.5 Å². The molecule has 4 heteroatoms. The summed E-state index contributed by atoms with van der Waals surface area (Å²) < 4.78 is 13.6. The van der Waals surface area contributed by atoms with Crippen molar-refractivity contribution in [3.63, 3.8) is 0 Å². The topological polar surface area (TPSA) is 20.3 Å². The summed E-state index contributed by atoms with van der Waals surface area (Å²) in [5.41, 5.74) is 0.603. The van der Waals surface area contributed by atoms with Gasteiger partial charge in [-0.15, -0.1) is 0 Å². The standard InChI is InChI=1S/C14H17ClFNO/c1-10(18)11-3-2-6-17(8-11)9-12-7-13(15)4-5-14(12)16/h4-5,7,11H,2-3,6,8-9H2,1H3. The van der Waals surface area contributed by atoms with E-state index in [2.05, 4.69) is 4.90 Å². The van der Waals surface area contributed by atoms with Gasteiger partial charge in [0.2, 0.25) is 0 Å². The van der Waals surface area contributed by atoms with Gasteiger partial charge in [-0.1, -0.05) is 11.6 Å². The van der Waals surface area contributed by atoms with E-state index in [1.54, 1.807) is 19.1 Å². The molecule has 18 heavy (non-hydrogen) atoms. The van der Waals surface area contributed by atoms with E-state index >= 15 is 0 Å². The molecule has 1 saturated heterocycles. The van der Waals surface area contributed by atoms with Crippen LogP contribution in [0.15, 0.2) is 18.2 Å². The summed E-state index contributed by atoms with van der Waals surface area (Å²) in [6.45, 7) is 3.79. The van der Waals surface area contributed by atoms with Gasteiger partial charge in [0.1, 0.15) is 11.6 Å². The lowest BCUT2D eigenvalue weighted by atomic mass is 9.94. The molecule has 1 atom stereocenters. The maximum absolute atomic E-state index is 13.6. The van der Waals surface area contributed by atoms with Crippen LogP contribution in [-0.2, 0) is 11.3 Å². The van der Waals surface area contributed by atoms with Gasteiger partial charge in [0.05, 0.1) is 0 Å². The van der Waals surface area contributed by atoms with E-state index in [1.807, 2.05) is 0 Å². The SMILES string of the molecule is CC(=O)C1CCCN(Cc2cc(Cl)ccc2F)C1. The fraction of sp³-hybridized carbons (Fsp3) is 0.500. The molecule has 1 heterocycles. The summed E-state index contributed by atoms with van der Waals surface area (Å²) in [5.74, 6) is 0.0941. The van der Waals surface area contributed by atoms with E-state index in [4.69, 9.17) is 11.6 Å². The van der Waals surface area contributed by atoms with Crippen molar-refractivity contribution in [2.45, 2.75) is 26.3 Å². The summed E-state index contributed by atoms with van der Waals surface area (Å²) >= 11 is 5.87. The van der Waals surface area contributed by atoms with E-state index in [-0.39, 0.29) is 17.5 Å². The summed E-state index contributed by atoms with van der Waals surface area (Å²) in [7, 11) is 0. The Labute approximate surface area is 112 Å². The Balaban J connectivity index is 2.04. The molecular weight excluding hydrogens is 253 g/mol. The van der Waals surface area contributed by atoms with Crippen LogP contribution in [0.5, 0.6) is 0 Å². The number of benzene rings is 1. The molecule has 1 aromatic rings. The number of Topliss-reactive ketones (excluding diaryl/α,β-unsaturated/α-hetero) is 1. The molecule has 0 aromatic heterocycles.